The lowest BCUT2D eigenvalue weighted by Crippen LogP contribution is -2.16. The van der Waals surface area contributed by atoms with Crippen LogP contribution in [0.2, 0.25) is 0 Å². The van der Waals surface area contributed by atoms with E-state index in [2.05, 4.69) is 15.5 Å². The van der Waals surface area contributed by atoms with Crippen molar-refractivity contribution in [2.24, 2.45) is 0 Å². The summed E-state index contributed by atoms with van der Waals surface area (Å²) in [6.45, 7) is 0. The highest BCUT2D eigenvalue weighted by atomic mass is 32.2. The lowest BCUT2D eigenvalue weighted by Gasteiger charge is -2.04. The highest BCUT2D eigenvalue weighted by Crippen LogP contribution is 2.20. The van der Waals surface area contributed by atoms with Crippen molar-refractivity contribution in [1.82, 2.24) is 14.4 Å². The second kappa shape index (κ2) is 6.80. The molecule has 3 aromatic rings. The number of hydrogen-bond acceptors (Lipinski definition) is 8. The maximum atomic E-state index is 12.5. The van der Waals surface area contributed by atoms with E-state index in [1.54, 1.807) is 0 Å². The summed E-state index contributed by atoms with van der Waals surface area (Å²) in [6, 6.07) is 11.4. The molecule has 0 saturated carbocycles. The molecule has 0 radical (unpaired) electrons. The fourth-order valence-electron chi connectivity index (χ4n) is 2.08. The van der Waals surface area contributed by atoms with Crippen molar-refractivity contribution in [2.75, 3.05) is 12.4 Å². The van der Waals surface area contributed by atoms with Gasteiger partial charge >= 0.3 is 0 Å². The topological polar surface area (TPSA) is 129 Å². The van der Waals surface area contributed by atoms with Gasteiger partial charge in [0.05, 0.1) is 23.1 Å². The molecule has 1 aromatic heterocycles. The fourth-order valence-corrected chi connectivity index (χ4v) is 3.11. The Kier molecular flexibility index (Phi) is 4.54. The van der Waals surface area contributed by atoms with Crippen LogP contribution in [0.3, 0.4) is 0 Å². The Morgan fingerprint density at radius 3 is 2.35 bits per heavy atom. The molecule has 11 heteroatoms. The van der Waals surface area contributed by atoms with E-state index in [-0.39, 0.29) is 16.4 Å². The van der Waals surface area contributed by atoms with E-state index in [9.17, 15) is 18.5 Å². The van der Waals surface area contributed by atoms with E-state index >= 15 is 0 Å². The van der Waals surface area contributed by atoms with Gasteiger partial charge in [0.2, 0.25) is 0 Å². The smallest absolute Gasteiger partial charge is 0.299 e. The SMILES string of the molecule is COc1ccc(S(=O)(=O)n2ncc(Nc3ccc([N+](=O)[O-])cc3)n2)cc1. The van der Waals surface area contributed by atoms with Crippen LogP contribution in [0.1, 0.15) is 0 Å². The summed E-state index contributed by atoms with van der Waals surface area (Å²) in [5.74, 6) is 0.703. The van der Waals surface area contributed by atoms with Crippen LogP contribution in [0.15, 0.2) is 59.6 Å². The number of non-ortho nitro benzene ring substituents is 1. The zero-order chi connectivity index (χ0) is 18.7. The van der Waals surface area contributed by atoms with Crippen molar-refractivity contribution in [2.45, 2.75) is 4.90 Å². The molecule has 1 heterocycles. The molecule has 0 aliphatic rings. The maximum Gasteiger partial charge on any atom is 0.299 e. The van der Waals surface area contributed by atoms with Crippen molar-refractivity contribution in [3.8, 4) is 5.75 Å². The van der Waals surface area contributed by atoms with Gasteiger partial charge in [0.1, 0.15) is 5.75 Å². The Labute approximate surface area is 148 Å². The van der Waals surface area contributed by atoms with E-state index in [1.807, 2.05) is 0 Å². The minimum absolute atomic E-state index is 0.00999. The van der Waals surface area contributed by atoms with Crippen molar-refractivity contribution >= 4 is 27.2 Å². The Bertz CT molecular complexity index is 1030. The van der Waals surface area contributed by atoms with E-state index in [0.717, 1.165) is 0 Å². The highest BCUT2D eigenvalue weighted by Gasteiger charge is 2.20. The predicted octanol–water partition coefficient (Wildman–Crippen LogP) is 2.18. The van der Waals surface area contributed by atoms with Gasteiger partial charge in [0, 0.05) is 17.8 Å². The molecule has 0 amide bonds. The number of nitro groups is 1. The van der Waals surface area contributed by atoms with Gasteiger partial charge in [0.15, 0.2) is 5.82 Å². The molecule has 0 bridgehead atoms. The Hall–Kier alpha value is -3.47. The first kappa shape index (κ1) is 17.4. The molecule has 0 unspecified atom stereocenters. The fraction of sp³-hybridized carbons (Fsp3) is 0.0667. The third-order valence-corrected chi connectivity index (χ3v) is 4.87. The van der Waals surface area contributed by atoms with Crippen molar-refractivity contribution in [3.63, 3.8) is 0 Å². The predicted molar refractivity (Wildman–Crippen MR) is 92.0 cm³/mol. The third-order valence-electron chi connectivity index (χ3n) is 3.39. The van der Waals surface area contributed by atoms with Gasteiger partial charge in [-0.1, -0.05) is 4.20 Å². The Morgan fingerprint density at radius 2 is 1.77 bits per heavy atom. The molecule has 1 N–H and O–H groups in total. The molecule has 0 spiro atoms. The van der Waals surface area contributed by atoms with Gasteiger partial charge < -0.3 is 10.1 Å². The lowest BCUT2D eigenvalue weighted by molar-refractivity contribution is -0.384. The normalized spacial score (nSPS) is 11.1. The number of hydrogen-bond donors (Lipinski definition) is 1. The molecule has 26 heavy (non-hydrogen) atoms. The summed E-state index contributed by atoms with van der Waals surface area (Å²) in [7, 11) is -2.46. The average Bonchev–Trinajstić information content (AvgIpc) is 3.11. The summed E-state index contributed by atoms with van der Waals surface area (Å²) < 4.78 is 30.6. The molecular formula is C15H13N5O5S. The molecule has 0 atom stereocenters. The van der Waals surface area contributed by atoms with Crippen molar-refractivity contribution < 1.29 is 18.1 Å². The first-order valence-corrected chi connectivity index (χ1v) is 8.67. The van der Waals surface area contributed by atoms with Crippen LogP contribution < -0.4 is 10.1 Å². The lowest BCUT2D eigenvalue weighted by atomic mass is 10.3. The van der Waals surface area contributed by atoms with Crippen LogP contribution in [0, 0.1) is 10.1 Å². The molecule has 0 aliphatic heterocycles. The van der Waals surface area contributed by atoms with Crippen LogP contribution in [-0.2, 0) is 10.0 Å². The Morgan fingerprint density at radius 1 is 1.12 bits per heavy atom. The number of nitro benzene ring substituents is 1. The van der Waals surface area contributed by atoms with E-state index in [4.69, 9.17) is 4.74 Å². The molecule has 134 valence electrons. The second-order valence-electron chi connectivity index (χ2n) is 5.06. The summed E-state index contributed by atoms with van der Waals surface area (Å²) in [4.78, 5) is 10.1. The van der Waals surface area contributed by atoms with Crippen molar-refractivity contribution in [3.05, 3.63) is 64.8 Å². The van der Waals surface area contributed by atoms with Crippen LogP contribution in [0.4, 0.5) is 17.2 Å². The number of benzene rings is 2. The zero-order valence-corrected chi connectivity index (χ0v) is 14.3. The van der Waals surface area contributed by atoms with Gasteiger partial charge in [-0.05, 0) is 36.4 Å². The summed E-state index contributed by atoms with van der Waals surface area (Å²) >= 11 is 0. The van der Waals surface area contributed by atoms with E-state index in [0.29, 0.717) is 15.6 Å². The molecule has 0 aliphatic carbocycles. The number of anilines is 2. The maximum absolute atomic E-state index is 12.5. The molecule has 0 saturated heterocycles. The third kappa shape index (κ3) is 3.47. The van der Waals surface area contributed by atoms with Gasteiger partial charge in [-0.2, -0.15) is 8.42 Å². The molecule has 3 rings (SSSR count). The molecule has 2 aromatic carbocycles. The van der Waals surface area contributed by atoms with Crippen molar-refractivity contribution in [1.29, 1.82) is 0 Å². The quantitative estimate of drug-likeness (QED) is 0.512. The van der Waals surface area contributed by atoms with Crippen LogP contribution >= 0.6 is 0 Å². The number of methoxy groups -OCH3 is 1. The van der Waals surface area contributed by atoms with Crippen LogP contribution in [0.5, 0.6) is 5.75 Å². The first-order chi connectivity index (χ1) is 12.4. The van der Waals surface area contributed by atoms with Crippen LogP contribution in [0.25, 0.3) is 0 Å². The van der Waals surface area contributed by atoms with Crippen LogP contribution in [-0.4, -0.2) is 34.9 Å². The summed E-state index contributed by atoms with van der Waals surface area (Å²) in [5, 5.41) is 21.1. The van der Waals surface area contributed by atoms with Gasteiger partial charge in [0.25, 0.3) is 15.7 Å². The van der Waals surface area contributed by atoms with Gasteiger partial charge in [-0.25, -0.2) is 0 Å². The number of aromatic nitrogens is 3. The average molecular weight is 375 g/mol. The monoisotopic (exact) mass is 375 g/mol. The molecular weight excluding hydrogens is 362 g/mol. The van der Waals surface area contributed by atoms with Gasteiger partial charge in [-0.15, -0.1) is 10.2 Å². The molecule has 10 nitrogen and oxygen atoms in total. The zero-order valence-electron chi connectivity index (χ0n) is 13.4. The standard InChI is InChI=1S/C15H13N5O5S/c1-25-13-6-8-14(9-7-13)26(23,24)20-16-10-15(18-20)17-11-2-4-12(5-3-11)19(21)22/h2-10H,1H3,(H,17,18). The minimum atomic E-state index is -3.94. The highest BCUT2D eigenvalue weighted by molar-refractivity contribution is 7.89. The molecule has 0 fully saturated rings. The largest absolute Gasteiger partial charge is 0.497 e. The summed E-state index contributed by atoms with van der Waals surface area (Å²) in [5.41, 5.74) is 0.450. The minimum Gasteiger partial charge on any atom is -0.497 e. The first-order valence-electron chi connectivity index (χ1n) is 7.23. The van der Waals surface area contributed by atoms with E-state index in [1.165, 1.54) is 61.8 Å². The summed E-state index contributed by atoms with van der Waals surface area (Å²) in [6.07, 6.45) is 1.24. The number of rotatable bonds is 6. The second-order valence-corrected chi connectivity index (χ2v) is 6.81. The Balaban J connectivity index is 1.80. The number of ether oxygens (including phenoxy) is 1. The number of nitrogens with one attached hydrogen (secondary N) is 1. The van der Waals surface area contributed by atoms with E-state index < -0.39 is 14.9 Å². The number of nitrogens with zero attached hydrogens (tertiary/aromatic N) is 4. The van der Waals surface area contributed by atoms with Gasteiger partial charge in [-0.3, -0.25) is 10.1 Å².